The van der Waals surface area contributed by atoms with Gasteiger partial charge in [0.25, 0.3) is 0 Å². The highest BCUT2D eigenvalue weighted by atomic mass is 15.2. The molecule has 3 heteroatoms. The number of aromatic nitrogens is 2. The van der Waals surface area contributed by atoms with Gasteiger partial charge in [-0.1, -0.05) is 20.3 Å². The molecule has 0 aliphatic heterocycles. The summed E-state index contributed by atoms with van der Waals surface area (Å²) in [5.41, 5.74) is 1.09. The third-order valence-electron chi connectivity index (χ3n) is 3.19. The molecule has 98 valence electrons. The molecule has 1 aromatic rings. The molecule has 1 rings (SSSR count). The van der Waals surface area contributed by atoms with Crippen molar-refractivity contribution in [1.82, 2.24) is 9.55 Å². The fraction of sp³-hybridized carbons (Fsp3) is 0.786. The van der Waals surface area contributed by atoms with Crippen molar-refractivity contribution >= 4 is 5.95 Å². The van der Waals surface area contributed by atoms with E-state index < -0.39 is 0 Å². The van der Waals surface area contributed by atoms with Crippen molar-refractivity contribution in [3.63, 3.8) is 0 Å². The summed E-state index contributed by atoms with van der Waals surface area (Å²) < 4.78 is 2.28. The largest absolute Gasteiger partial charge is 0.353 e. The van der Waals surface area contributed by atoms with Crippen LogP contribution in [-0.4, -0.2) is 15.6 Å². The van der Waals surface area contributed by atoms with Crippen LogP contribution in [0.1, 0.15) is 59.2 Å². The van der Waals surface area contributed by atoms with Crippen LogP contribution in [0.15, 0.2) is 6.20 Å². The minimum Gasteiger partial charge on any atom is -0.353 e. The zero-order valence-corrected chi connectivity index (χ0v) is 12.1. The van der Waals surface area contributed by atoms with E-state index in [2.05, 4.69) is 62.6 Å². The van der Waals surface area contributed by atoms with Crippen molar-refractivity contribution in [3.05, 3.63) is 11.9 Å². The number of hydrogen-bond donors (Lipinski definition) is 1. The first-order valence-corrected chi connectivity index (χ1v) is 6.76. The fourth-order valence-corrected chi connectivity index (χ4v) is 2.08. The first kappa shape index (κ1) is 14.1. The Bertz CT molecular complexity index is 341. The van der Waals surface area contributed by atoms with Gasteiger partial charge in [0.15, 0.2) is 0 Å². The van der Waals surface area contributed by atoms with Crippen LogP contribution >= 0.6 is 0 Å². The maximum atomic E-state index is 4.56. The molecular weight excluding hydrogens is 210 g/mol. The molecule has 0 aliphatic carbocycles. The normalized spacial score (nSPS) is 15.0. The van der Waals surface area contributed by atoms with Gasteiger partial charge in [-0.3, -0.25) is 0 Å². The lowest BCUT2D eigenvalue weighted by Gasteiger charge is -2.20. The van der Waals surface area contributed by atoms with Crippen molar-refractivity contribution in [1.29, 1.82) is 0 Å². The van der Waals surface area contributed by atoms with Crippen LogP contribution in [0, 0.1) is 12.8 Å². The molecule has 0 amide bonds. The topological polar surface area (TPSA) is 29.9 Å². The molecule has 0 spiro atoms. The second-order valence-electron chi connectivity index (χ2n) is 5.51. The quantitative estimate of drug-likeness (QED) is 0.810. The molecule has 0 saturated heterocycles. The predicted octanol–water partition coefficient (Wildman–Crippen LogP) is 4.01. The summed E-state index contributed by atoms with van der Waals surface area (Å²) in [7, 11) is 0. The van der Waals surface area contributed by atoms with E-state index in [0.717, 1.165) is 17.6 Å². The average Bonchev–Trinajstić information content (AvgIpc) is 2.58. The van der Waals surface area contributed by atoms with E-state index in [1.54, 1.807) is 0 Å². The molecule has 0 bridgehead atoms. The molecular formula is C14H27N3. The summed E-state index contributed by atoms with van der Waals surface area (Å²) >= 11 is 0. The summed E-state index contributed by atoms with van der Waals surface area (Å²) in [6.45, 7) is 13.2. The van der Waals surface area contributed by atoms with Crippen molar-refractivity contribution in [2.75, 3.05) is 5.32 Å². The van der Waals surface area contributed by atoms with Gasteiger partial charge in [-0.15, -0.1) is 0 Å². The number of hydrogen-bond acceptors (Lipinski definition) is 2. The summed E-state index contributed by atoms with van der Waals surface area (Å²) in [6.07, 6.45) is 4.60. The summed E-state index contributed by atoms with van der Waals surface area (Å²) in [6, 6.07) is 0.929. The zero-order valence-electron chi connectivity index (χ0n) is 12.1. The van der Waals surface area contributed by atoms with Crippen molar-refractivity contribution in [2.45, 2.75) is 66.5 Å². The predicted molar refractivity (Wildman–Crippen MR) is 74.5 cm³/mol. The SMILES string of the molecule is CCC(C)CC(C)n1cc(C)nc1NC(C)C. The zero-order chi connectivity index (χ0) is 13.0. The van der Waals surface area contributed by atoms with Gasteiger partial charge in [0.1, 0.15) is 0 Å². The van der Waals surface area contributed by atoms with Crippen LogP contribution in [0.3, 0.4) is 0 Å². The van der Waals surface area contributed by atoms with Crippen LogP contribution in [0.2, 0.25) is 0 Å². The van der Waals surface area contributed by atoms with E-state index in [9.17, 15) is 0 Å². The second kappa shape index (κ2) is 6.08. The first-order chi connectivity index (χ1) is 7.93. The lowest BCUT2D eigenvalue weighted by Crippen LogP contribution is -2.17. The van der Waals surface area contributed by atoms with Crippen LogP contribution in [-0.2, 0) is 0 Å². The molecule has 2 atom stereocenters. The van der Waals surface area contributed by atoms with Gasteiger partial charge in [0.05, 0.1) is 5.69 Å². The van der Waals surface area contributed by atoms with E-state index >= 15 is 0 Å². The van der Waals surface area contributed by atoms with Crippen LogP contribution < -0.4 is 5.32 Å². The Balaban J connectivity index is 2.80. The second-order valence-corrected chi connectivity index (χ2v) is 5.51. The van der Waals surface area contributed by atoms with Gasteiger partial charge in [0, 0.05) is 18.3 Å². The third-order valence-corrected chi connectivity index (χ3v) is 3.19. The number of aryl methyl sites for hydroxylation is 1. The molecule has 0 fully saturated rings. The molecule has 17 heavy (non-hydrogen) atoms. The lowest BCUT2D eigenvalue weighted by atomic mass is 10.0. The Labute approximate surface area is 106 Å². The Morgan fingerprint density at radius 2 is 1.94 bits per heavy atom. The molecule has 1 N–H and O–H groups in total. The van der Waals surface area contributed by atoms with Crippen molar-refractivity contribution in [2.24, 2.45) is 5.92 Å². The Morgan fingerprint density at radius 3 is 2.47 bits per heavy atom. The minimum atomic E-state index is 0.423. The maximum absolute atomic E-state index is 4.56. The van der Waals surface area contributed by atoms with E-state index in [4.69, 9.17) is 0 Å². The Hall–Kier alpha value is -0.990. The van der Waals surface area contributed by atoms with E-state index in [1.807, 2.05) is 0 Å². The molecule has 1 aromatic heterocycles. The molecule has 0 radical (unpaired) electrons. The number of nitrogens with zero attached hydrogens (tertiary/aromatic N) is 2. The minimum absolute atomic E-state index is 0.423. The Kier molecular flexibility index (Phi) is 5.03. The standard InChI is InChI=1S/C14H27N3/c1-7-11(4)8-13(6)17-9-12(5)16-14(17)15-10(2)3/h9-11,13H,7-8H2,1-6H3,(H,15,16). The number of imidazole rings is 1. The van der Waals surface area contributed by atoms with Crippen LogP contribution in [0.4, 0.5) is 5.95 Å². The number of rotatable bonds is 6. The average molecular weight is 237 g/mol. The highest BCUT2D eigenvalue weighted by Gasteiger charge is 2.14. The molecule has 0 aliphatic rings. The summed E-state index contributed by atoms with van der Waals surface area (Å²) in [5, 5.41) is 3.42. The summed E-state index contributed by atoms with van der Waals surface area (Å²) in [5.74, 6) is 1.77. The third kappa shape index (κ3) is 4.06. The highest BCUT2D eigenvalue weighted by molar-refractivity contribution is 5.30. The van der Waals surface area contributed by atoms with Crippen molar-refractivity contribution in [3.8, 4) is 0 Å². The van der Waals surface area contributed by atoms with E-state index in [1.165, 1.54) is 12.8 Å². The molecule has 1 heterocycles. The molecule has 3 nitrogen and oxygen atoms in total. The van der Waals surface area contributed by atoms with Gasteiger partial charge >= 0.3 is 0 Å². The highest BCUT2D eigenvalue weighted by Crippen LogP contribution is 2.23. The van der Waals surface area contributed by atoms with Gasteiger partial charge in [-0.2, -0.15) is 0 Å². The Morgan fingerprint density at radius 1 is 1.29 bits per heavy atom. The van der Waals surface area contributed by atoms with Crippen LogP contribution in [0.25, 0.3) is 0 Å². The van der Waals surface area contributed by atoms with E-state index in [-0.39, 0.29) is 0 Å². The van der Waals surface area contributed by atoms with Gasteiger partial charge in [-0.05, 0) is 40.0 Å². The summed E-state index contributed by atoms with van der Waals surface area (Å²) in [4.78, 5) is 4.56. The van der Waals surface area contributed by atoms with Gasteiger partial charge < -0.3 is 9.88 Å². The van der Waals surface area contributed by atoms with Crippen LogP contribution in [0.5, 0.6) is 0 Å². The number of anilines is 1. The first-order valence-electron chi connectivity index (χ1n) is 6.76. The molecule has 0 aromatic carbocycles. The van der Waals surface area contributed by atoms with Gasteiger partial charge in [-0.25, -0.2) is 4.98 Å². The lowest BCUT2D eigenvalue weighted by molar-refractivity contribution is 0.400. The van der Waals surface area contributed by atoms with E-state index in [0.29, 0.717) is 12.1 Å². The number of nitrogens with one attached hydrogen (secondary N) is 1. The smallest absolute Gasteiger partial charge is 0.203 e. The molecule has 2 unspecified atom stereocenters. The van der Waals surface area contributed by atoms with Gasteiger partial charge in [0.2, 0.25) is 5.95 Å². The fourth-order valence-electron chi connectivity index (χ4n) is 2.08. The van der Waals surface area contributed by atoms with Crippen molar-refractivity contribution < 1.29 is 0 Å². The monoisotopic (exact) mass is 237 g/mol. The molecule has 0 saturated carbocycles. The maximum Gasteiger partial charge on any atom is 0.203 e.